The van der Waals surface area contributed by atoms with E-state index < -0.39 is 10.5 Å². The molecular weight excluding hydrogens is 246 g/mol. The summed E-state index contributed by atoms with van der Waals surface area (Å²) >= 11 is 0. The van der Waals surface area contributed by atoms with Crippen LogP contribution in [0, 0.1) is 28.4 Å². The van der Waals surface area contributed by atoms with Crippen LogP contribution in [0.3, 0.4) is 0 Å². The number of aromatic amines is 1. The van der Waals surface area contributed by atoms with Crippen molar-refractivity contribution in [3.05, 3.63) is 62.1 Å². The van der Waals surface area contributed by atoms with E-state index in [1.54, 1.807) is 19.1 Å². The fourth-order valence-electron chi connectivity index (χ4n) is 1.77. The number of aromatic nitrogens is 1. The summed E-state index contributed by atoms with van der Waals surface area (Å²) < 4.78 is 0. The number of nitrogens with zero attached hydrogens (tertiary/aromatic N) is 2. The van der Waals surface area contributed by atoms with Crippen LogP contribution < -0.4 is 5.56 Å². The first-order valence-corrected chi connectivity index (χ1v) is 5.42. The van der Waals surface area contributed by atoms with Crippen molar-refractivity contribution in [1.29, 1.82) is 5.26 Å². The van der Waals surface area contributed by atoms with Crippen molar-refractivity contribution in [2.75, 3.05) is 0 Å². The molecule has 1 aromatic carbocycles. The van der Waals surface area contributed by atoms with Gasteiger partial charge in [-0.15, -0.1) is 0 Å². The Hall–Kier alpha value is -2.94. The average molecular weight is 255 g/mol. The number of H-pyrrole nitrogens is 1. The van der Waals surface area contributed by atoms with E-state index in [1.807, 2.05) is 6.07 Å². The van der Waals surface area contributed by atoms with Crippen LogP contribution in [-0.2, 0) is 0 Å². The SMILES string of the molecule is Cc1[nH]c(=O)c(C#N)cc1-c1ccc([N+](=O)[O-])cc1. The lowest BCUT2D eigenvalue weighted by molar-refractivity contribution is -0.384. The topological polar surface area (TPSA) is 99.8 Å². The van der Waals surface area contributed by atoms with Crippen LogP contribution in [0.1, 0.15) is 11.3 Å². The van der Waals surface area contributed by atoms with Gasteiger partial charge in [-0.05, 0) is 30.7 Å². The lowest BCUT2D eigenvalue weighted by Crippen LogP contribution is -2.11. The van der Waals surface area contributed by atoms with Gasteiger partial charge in [0.1, 0.15) is 11.6 Å². The molecule has 2 aromatic rings. The Morgan fingerprint density at radius 1 is 1.32 bits per heavy atom. The van der Waals surface area contributed by atoms with Crippen molar-refractivity contribution >= 4 is 5.69 Å². The highest BCUT2D eigenvalue weighted by atomic mass is 16.6. The first-order valence-electron chi connectivity index (χ1n) is 5.42. The number of hydrogen-bond donors (Lipinski definition) is 1. The van der Waals surface area contributed by atoms with Crippen LogP contribution in [-0.4, -0.2) is 9.91 Å². The smallest absolute Gasteiger partial charge is 0.269 e. The molecule has 94 valence electrons. The van der Waals surface area contributed by atoms with E-state index in [9.17, 15) is 14.9 Å². The van der Waals surface area contributed by atoms with E-state index in [4.69, 9.17) is 5.26 Å². The number of nitro benzene ring substituents is 1. The number of benzene rings is 1. The molecule has 1 heterocycles. The Balaban J connectivity index is 2.56. The van der Waals surface area contributed by atoms with Gasteiger partial charge >= 0.3 is 0 Å². The first-order chi connectivity index (χ1) is 9.02. The number of nitrogens with one attached hydrogen (secondary N) is 1. The molecule has 0 bridgehead atoms. The van der Waals surface area contributed by atoms with E-state index in [2.05, 4.69) is 4.98 Å². The second-order valence-electron chi connectivity index (χ2n) is 3.97. The molecule has 1 N–H and O–H groups in total. The maximum Gasteiger partial charge on any atom is 0.269 e. The molecule has 6 heteroatoms. The van der Waals surface area contributed by atoms with Gasteiger partial charge in [-0.2, -0.15) is 5.26 Å². The molecule has 1 aromatic heterocycles. The van der Waals surface area contributed by atoms with Crippen LogP contribution in [0.2, 0.25) is 0 Å². The molecular formula is C13H9N3O3. The maximum atomic E-state index is 11.4. The molecule has 0 aliphatic rings. The fourth-order valence-corrected chi connectivity index (χ4v) is 1.77. The number of nitriles is 1. The van der Waals surface area contributed by atoms with Gasteiger partial charge in [-0.1, -0.05) is 0 Å². The van der Waals surface area contributed by atoms with Crippen molar-refractivity contribution in [2.24, 2.45) is 0 Å². The van der Waals surface area contributed by atoms with Gasteiger partial charge < -0.3 is 4.98 Å². The molecule has 0 spiro atoms. The zero-order valence-electron chi connectivity index (χ0n) is 10.0. The quantitative estimate of drug-likeness (QED) is 0.656. The zero-order chi connectivity index (χ0) is 14.0. The van der Waals surface area contributed by atoms with Crippen LogP contribution >= 0.6 is 0 Å². The molecule has 0 radical (unpaired) electrons. The monoisotopic (exact) mass is 255 g/mol. The minimum atomic E-state index is -0.482. The second-order valence-corrected chi connectivity index (χ2v) is 3.97. The Bertz CT molecular complexity index is 739. The minimum absolute atomic E-state index is 0.00802. The van der Waals surface area contributed by atoms with Gasteiger partial charge in [0.25, 0.3) is 11.2 Å². The lowest BCUT2D eigenvalue weighted by Gasteiger charge is -2.05. The summed E-state index contributed by atoms with van der Waals surface area (Å²) in [6.07, 6.45) is 0. The molecule has 0 fully saturated rings. The standard InChI is InChI=1S/C13H9N3O3/c1-8-12(6-10(7-14)13(17)15-8)9-2-4-11(5-3-9)16(18)19/h2-6H,1H3,(H,15,17). The molecule has 2 rings (SSSR count). The summed E-state index contributed by atoms with van der Waals surface area (Å²) in [7, 11) is 0. The summed E-state index contributed by atoms with van der Waals surface area (Å²) in [5.41, 5.74) is 1.55. The zero-order valence-corrected chi connectivity index (χ0v) is 10.0. The van der Waals surface area contributed by atoms with Gasteiger partial charge in [0.05, 0.1) is 4.92 Å². The third-order valence-electron chi connectivity index (χ3n) is 2.75. The number of nitro groups is 1. The summed E-state index contributed by atoms with van der Waals surface area (Å²) in [6.45, 7) is 1.71. The number of hydrogen-bond acceptors (Lipinski definition) is 4. The molecule has 19 heavy (non-hydrogen) atoms. The van der Waals surface area contributed by atoms with Crippen molar-refractivity contribution in [3.8, 4) is 17.2 Å². The summed E-state index contributed by atoms with van der Waals surface area (Å²) in [5.74, 6) is 0. The van der Waals surface area contributed by atoms with Gasteiger partial charge in [0.2, 0.25) is 0 Å². The molecule has 0 unspecified atom stereocenters. The van der Waals surface area contributed by atoms with E-state index in [0.717, 1.165) is 0 Å². The van der Waals surface area contributed by atoms with Crippen molar-refractivity contribution < 1.29 is 4.92 Å². The van der Waals surface area contributed by atoms with Gasteiger partial charge in [0, 0.05) is 23.4 Å². The van der Waals surface area contributed by atoms with Crippen LogP contribution in [0.5, 0.6) is 0 Å². The van der Waals surface area contributed by atoms with Crippen LogP contribution in [0.15, 0.2) is 35.1 Å². The molecule has 0 saturated carbocycles. The first kappa shape index (κ1) is 12.5. The normalized spacial score (nSPS) is 9.89. The van der Waals surface area contributed by atoms with E-state index in [-0.39, 0.29) is 11.3 Å². The minimum Gasteiger partial charge on any atom is -0.325 e. The van der Waals surface area contributed by atoms with Gasteiger partial charge in [0.15, 0.2) is 0 Å². The lowest BCUT2D eigenvalue weighted by atomic mass is 10.0. The third kappa shape index (κ3) is 2.35. The number of pyridine rings is 1. The van der Waals surface area contributed by atoms with E-state index in [0.29, 0.717) is 16.8 Å². The van der Waals surface area contributed by atoms with Crippen molar-refractivity contribution in [1.82, 2.24) is 4.98 Å². The van der Waals surface area contributed by atoms with E-state index >= 15 is 0 Å². The second kappa shape index (κ2) is 4.74. The Kier molecular flexibility index (Phi) is 3.12. The van der Waals surface area contributed by atoms with Gasteiger partial charge in [-0.25, -0.2) is 0 Å². The molecule has 0 saturated heterocycles. The molecule has 6 nitrogen and oxygen atoms in total. The highest BCUT2D eigenvalue weighted by molar-refractivity contribution is 5.68. The number of aryl methyl sites for hydroxylation is 1. The Morgan fingerprint density at radius 3 is 2.47 bits per heavy atom. The number of rotatable bonds is 2. The molecule has 0 atom stereocenters. The highest BCUT2D eigenvalue weighted by Crippen LogP contribution is 2.24. The average Bonchev–Trinajstić information content (AvgIpc) is 2.39. The van der Waals surface area contributed by atoms with Gasteiger partial charge in [-0.3, -0.25) is 14.9 Å². The summed E-state index contributed by atoms with van der Waals surface area (Å²) in [6, 6.07) is 9.22. The third-order valence-corrected chi connectivity index (χ3v) is 2.75. The van der Waals surface area contributed by atoms with Crippen molar-refractivity contribution in [2.45, 2.75) is 6.92 Å². The fraction of sp³-hybridized carbons (Fsp3) is 0.0769. The molecule has 0 aliphatic heterocycles. The maximum absolute atomic E-state index is 11.4. The number of non-ortho nitro benzene ring substituents is 1. The predicted molar refractivity (Wildman–Crippen MR) is 68.6 cm³/mol. The largest absolute Gasteiger partial charge is 0.325 e. The summed E-state index contributed by atoms with van der Waals surface area (Å²) in [4.78, 5) is 24.1. The molecule has 0 amide bonds. The van der Waals surface area contributed by atoms with E-state index in [1.165, 1.54) is 18.2 Å². The summed E-state index contributed by atoms with van der Waals surface area (Å²) in [5, 5.41) is 19.4. The Morgan fingerprint density at radius 2 is 1.95 bits per heavy atom. The van der Waals surface area contributed by atoms with Crippen LogP contribution in [0.4, 0.5) is 5.69 Å². The molecule has 0 aliphatic carbocycles. The highest BCUT2D eigenvalue weighted by Gasteiger charge is 2.09. The van der Waals surface area contributed by atoms with Crippen LogP contribution in [0.25, 0.3) is 11.1 Å². The Labute approximate surface area is 108 Å². The predicted octanol–water partition coefficient (Wildman–Crippen LogP) is 2.13. The van der Waals surface area contributed by atoms with Crippen molar-refractivity contribution in [3.63, 3.8) is 0 Å².